The molecule has 7 nitrogen and oxygen atoms in total. The molecule has 0 saturated carbocycles. The molecule has 0 aromatic carbocycles. The zero-order valence-electron chi connectivity index (χ0n) is 10.8. The van der Waals surface area contributed by atoms with Crippen molar-refractivity contribution in [1.82, 2.24) is 14.5 Å². The average molecular weight is 261 g/mol. The lowest BCUT2D eigenvalue weighted by molar-refractivity contribution is -0.388. The Morgan fingerprint density at radius 1 is 1.47 bits per heavy atom. The monoisotopic (exact) mass is 261 g/mol. The molecule has 19 heavy (non-hydrogen) atoms. The van der Waals surface area contributed by atoms with Gasteiger partial charge < -0.3 is 15.4 Å². The third kappa shape index (κ3) is 2.70. The van der Waals surface area contributed by atoms with Crippen LogP contribution in [0, 0.1) is 10.1 Å². The second-order valence-corrected chi connectivity index (χ2v) is 4.10. The minimum Gasteiger partial charge on any atom is -0.359 e. The van der Waals surface area contributed by atoms with E-state index in [9.17, 15) is 10.1 Å². The van der Waals surface area contributed by atoms with E-state index >= 15 is 0 Å². The van der Waals surface area contributed by atoms with E-state index in [0.29, 0.717) is 12.4 Å². The zero-order chi connectivity index (χ0) is 13.8. The number of rotatable bonds is 5. The van der Waals surface area contributed by atoms with E-state index < -0.39 is 4.92 Å². The SMILES string of the molecule is CCc1cccnc1CNc1c([N+](=O)[O-])ncn1C. The number of hydrogen-bond donors (Lipinski definition) is 1. The summed E-state index contributed by atoms with van der Waals surface area (Å²) in [6, 6.07) is 3.89. The van der Waals surface area contributed by atoms with Crippen LogP contribution in [0.5, 0.6) is 0 Å². The molecule has 2 aromatic rings. The van der Waals surface area contributed by atoms with Gasteiger partial charge in [-0.2, -0.15) is 0 Å². The molecule has 0 unspecified atom stereocenters. The van der Waals surface area contributed by atoms with E-state index in [0.717, 1.165) is 17.7 Å². The first-order valence-electron chi connectivity index (χ1n) is 5.95. The molecule has 7 heteroatoms. The first kappa shape index (κ1) is 13.0. The highest BCUT2D eigenvalue weighted by molar-refractivity contribution is 5.52. The molecule has 0 spiro atoms. The van der Waals surface area contributed by atoms with Crippen LogP contribution in [0.25, 0.3) is 0 Å². The van der Waals surface area contributed by atoms with Gasteiger partial charge >= 0.3 is 5.82 Å². The number of nitrogens with zero attached hydrogens (tertiary/aromatic N) is 4. The Bertz CT molecular complexity index is 594. The minimum absolute atomic E-state index is 0.170. The fourth-order valence-electron chi connectivity index (χ4n) is 1.88. The molecule has 2 aromatic heterocycles. The maximum Gasteiger partial charge on any atom is 0.406 e. The molecular weight excluding hydrogens is 246 g/mol. The Hall–Kier alpha value is -2.44. The smallest absolute Gasteiger partial charge is 0.359 e. The van der Waals surface area contributed by atoms with Crippen LogP contribution in [-0.4, -0.2) is 19.5 Å². The number of imidazole rings is 1. The average Bonchev–Trinajstić information content (AvgIpc) is 2.78. The Morgan fingerprint density at radius 2 is 2.26 bits per heavy atom. The Labute approximate surface area is 110 Å². The van der Waals surface area contributed by atoms with Gasteiger partial charge in [-0.15, -0.1) is 0 Å². The van der Waals surface area contributed by atoms with Gasteiger partial charge in [0.15, 0.2) is 0 Å². The van der Waals surface area contributed by atoms with Crippen molar-refractivity contribution in [2.45, 2.75) is 19.9 Å². The summed E-state index contributed by atoms with van der Waals surface area (Å²) in [6.07, 6.45) is 4.01. The fourth-order valence-corrected chi connectivity index (χ4v) is 1.88. The minimum atomic E-state index is -0.499. The van der Waals surface area contributed by atoms with Crippen molar-refractivity contribution < 1.29 is 4.92 Å². The van der Waals surface area contributed by atoms with Crippen LogP contribution in [-0.2, 0) is 20.0 Å². The van der Waals surface area contributed by atoms with Crippen LogP contribution in [0.15, 0.2) is 24.7 Å². The van der Waals surface area contributed by atoms with Crippen LogP contribution in [0.1, 0.15) is 18.2 Å². The Kier molecular flexibility index (Phi) is 3.74. The highest BCUT2D eigenvalue weighted by Gasteiger charge is 2.19. The van der Waals surface area contributed by atoms with Gasteiger partial charge in [0.2, 0.25) is 12.1 Å². The van der Waals surface area contributed by atoms with Gasteiger partial charge in [0.1, 0.15) is 0 Å². The lowest BCUT2D eigenvalue weighted by Gasteiger charge is -2.08. The molecule has 100 valence electrons. The molecule has 0 radical (unpaired) electrons. The van der Waals surface area contributed by atoms with Crippen molar-refractivity contribution in [3.63, 3.8) is 0 Å². The molecule has 0 fully saturated rings. The summed E-state index contributed by atoms with van der Waals surface area (Å²) in [5.41, 5.74) is 2.01. The second kappa shape index (κ2) is 5.47. The number of pyridine rings is 1. The lowest BCUT2D eigenvalue weighted by Crippen LogP contribution is -2.08. The Morgan fingerprint density at radius 3 is 2.95 bits per heavy atom. The van der Waals surface area contributed by atoms with Gasteiger partial charge in [-0.25, -0.2) is 0 Å². The molecule has 0 aliphatic carbocycles. The van der Waals surface area contributed by atoms with Crippen molar-refractivity contribution in [2.75, 3.05) is 5.32 Å². The lowest BCUT2D eigenvalue weighted by atomic mass is 10.1. The van der Waals surface area contributed by atoms with Gasteiger partial charge in [-0.3, -0.25) is 9.55 Å². The van der Waals surface area contributed by atoms with Crippen LogP contribution >= 0.6 is 0 Å². The van der Waals surface area contributed by atoms with Gasteiger partial charge in [0, 0.05) is 13.2 Å². The quantitative estimate of drug-likeness (QED) is 0.656. The third-order valence-corrected chi connectivity index (χ3v) is 2.88. The summed E-state index contributed by atoms with van der Waals surface area (Å²) in [6.45, 7) is 2.48. The van der Waals surface area contributed by atoms with Crippen LogP contribution in [0.2, 0.25) is 0 Å². The first-order valence-corrected chi connectivity index (χ1v) is 5.95. The molecule has 0 aliphatic rings. The highest BCUT2D eigenvalue weighted by Crippen LogP contribution is 2.21. The van der Waals surface area contributed by atoms with E-state index in [2.05, 4.69) is 15.3 Å². The van der Waals surface area contributed by atoms with E-state index in [1.54, 1.807) is 17.8 Å². The van der Waals surface area contributed by atoms with Gasteiger partial charge in [0.25, 0.3) is 0 Å². The van der Waals surface area contributed by atoms with Gasteiger partial charge in [0.05, 0.1) is 12.2 Å². The predicted octanol–water partition coefficient (Wildman–Crippen LogP) is 1.90. The second-order valence-electron chi connectivity index (χ2n) is 4.10. The van der Waals surface area contributed by atoms with E-state index in [-0.39, 0.29) is 5.82 Å². The number of hydrogen-bond acceptors (Lipinski definition) is 5. The summed E-state index contributed by atoms with van der Waals surface area (Å²) >= 11 is 0. The molecule has 0 aliphatic heterocycles. The number of nitro groups is 1. The van der Waals surface area contributed by atoms with E-state index in [4.69, 9.17) is 0 Å². The van der Waals surface area contributed by atoms with Gasteiger partial charge in [-0.1, -0.05) is 13.0 Å². The van der Waals surface area contributed by atoms with Crippen molar-refractivity contribution in [2.24, 2.45) is 7.05 Å². The molecule has 2 heterocycles. The Balaban J connectivity index is 2.19. The molecule has 0 atom stereocenters. The predicted molar refractivity (Wildman–Crippen MR) is 70.8 cm³/mol. The van der Waals surface area contributed by atoms with Gasteiger partial charge in [-0.05, 0) is 28.0 Å². The summed E-state index contributed by atoms with van der Waals surface area (Å²) in [4.78, 5) is 18.4. The number of nitrogens with one attached hydrogen (secondary N) is 1. The maximum absolute atomic E-state index is 10.8. The fraction of sp³-hybridized carbons (Fsp3) is 0.333. The molecule has 1 N–H and O–H groups in total. The molecule has 2 rings (SSSR count). The number of aromatic nitrogens is 3. The maximum atomic E-state index is 10.8. The zero-order valence-corrected chi connectivity index (χ0v) is 10.8. The van der Waals surface area contributed by atoms with Crippen molar-refractivity contribution in [3.05, 3.63) is 46.0 Å². The summed E-state index contributed by atoms with van der Waals surface area (Å²) in [7, 11) is 1.71. The first-order chi connectivity index (χ1) is 9.13. The van der Waals surface area contributed by atoms with Crippen LogP contribution < -0.4 is 5.32 Å². The molecule has 0 saturated heterocycles. The van der Waals surface area contributed by atoms with E-state index in [1.165, 1.54) is 6.33 Å². The highest BCUT2D eigenvalue weighted by atomic mass is 16.6. The number of anilines is 1. The van der Waals surface area contributed by atoms with E-state index in [1.807, 2.05) is 19.1 Å². The van der Waals surface area contributed by atoms with Crippen molar-refractivity contribution >= 4 is 11.6 Å². The van der Waals surface area contributed by atoms with Crippen LogP contribution in [0.3, 0.4) is 0 Å². The largest absolute Gasteiger partial charge is 0.406 e. The molecule has 0 bridgehead atoms. The standard InChI is InChI=1S/C12H15N5O2/c1-3-9-5-4-6-13-10(9)7-14-11-12(17(18)19)15-8-16(11)2/h4-6,8,14H,3,7H2,1-2H3. The third-order valence-electron chi connectivity index (χ3n) is 2.88. The summed E-state index contributed by atoms with van der Waals surface area (Å²) in [5.74, 6) is 0.217. The normalized spacial score (nSPS) is 10.4. The van der Waals surface area contributed by atoms with Crippen molar-refractivity contribution in [1.29, 1.82) is 0 Å². The molecular formula is C12H15N5O2. The van der Waals surface area contributed by atoms with Crippen molar-refractivity contribution in [3.8, 4) is 0 Å². The molecule has 0 amide bonds. The van der Waals surface area contributed by atoms with Crippen LogP contribution in [0.4, 0.5) is 11.6 Å². The summed E-state index contributed by atoms with van der Waals surface area (Å²) < 4.78 is 1.59. The number of aryl methyl sites for hydroxylation is 2. The topological polar surface area (TPSA) is 85.9 Å². The summed E-state index contributed by atoms with van der Waals surface area (Å²) in [5, 5.41) is 13.9.